The van der Waals surface area contributed by atoms with Crippen LogP contribution < -0.4 is 24.8 Å². The van der Waals surface area contributed by atoms with Crippen LogP contribution in [0.25, 0.3) is 48.6 Å². The van der Waals surface area contributed by atoms with Gasteiger partial charge in [0.15, 0.2) is 64.0 Å². The number of hydrogen-bond donors (Lipinski definition) is 5. The van der Waals surface area contributed by atoms with Crippen molar-refractivity contribution in [1.29, 1.82) is 0 Å². The number of fused-ring (bicyclic) bond motifs is 11. The van der Waals surface area contributed by atoms with Gasteiger partial charge in [-0.05, 0) is 166 Å². The van der Waals surface area contributed by atoms with E-state index in [-0.39, 0.29) is 39.6 Å². The lowest BCUT2D eigenvalue weighted by Crippen LogP contribution is -2.34. The van der Waals surface area contributed by atoms with E-state index in [0.29, 0.717) is 74.8 Å². The summed E-state index contributed by atoms with van der Waals surface area (Å²) in [5.74, 6) is 0.579. The molecule has 0 bridgehead atoms. The first-order chi connectivity index (χ1) is 61.2. The SMILES string of the molecule is O=S1(=O)C=Cc2ccccc21.O=S1(=O)C=Cc2ccccc21.O=S1(=O)C=Cc2ccccc2C1.O=S1(=O)C=Cc2cccnc21.O=S1(=O)CC=Cc2ccccc21.O=S1(=O)CC=Cc2ncccc21.O=S1(=O)CCC=Cc2ccccc21.O=S1(=O)N=CNc2ccccc21.O=S1(=O)NC=Cc2ccccc21.O=S1(=O)NCNc2ccccc21.O=S1(=O)NCc2ccccc21. The van der Waals surface area contributed by atoms with Crippen molar-refractivity contribution >= 4 is 175 Å². The molecule has 129 heavy (non-hydrogen) atoms. The van der Waals surface area contributed by atoms with Gasteiger partial charge >= 0.3 is 0 Å². The van der Waals surface area contributed by atoms with Gasteiger partial charge < -0.3 is 10.6 Å². The molecule has 0 radical (unpaired) electrons. The lowest BCUT2D eigenvalue weighted by Gasteiger charge is -2.18. The molecule has 2 aromatic heterocycles. The fourth-order valence-corrected chi connectivity index (χ4v) is 26.0. The van der Waals surface area contributed by atoms with Gasteiger partial charge in [-0.2, -0.15) is 13.1 Å². The highest BCUT2D eigenvalue weighted by atomic mass is 32.2. The molecule has 0 aliphatic carbocycles. The zero-order valence-electron chi connectivity index (χ0n) is 67.3. The maximum absolute atomic E-state index is 11.7. The third-order valence-electron chi connectivity index (χ3n) is 19.1. The number of sulfonamides is 4. The van der Waals surface area contributed by atoms with E-state index < -0.39 is 109 Å². The normalized spacial score (nSPS) is 18.6. The van der Waals surface area contributed by atoms with Gasteiger partial charge in [-0.1, -0.05) is 194 Å². The van der Waals surface area contributed by atoms with E-state index in [0.717, 1.165) is 44.5 Å². The van der Waals surface area contributed by atoms with Crippen molar-refractivity contribution in [3.63, 3.8) is 0 Å². The molecule has 0 amide bonds. The van der Waals surface area contributed by atoms with Gasteiger partial charge in [-0.25, -0.2) is 93.9 Å². The number of aromatic nitrogens is 2. The number of hydrogen-bond acceptors (Lipinski definition) is 26. The van der Waals surface area contributed by atoms with E-state index in [1.54, 1.807) is 213 Å². The number of sulfone groups is 7. The number of allylic oxidation sites excluding steroid dienone is 1. The summed E-state index contributed by atoms with van der Waals surface area (Å²) in [7, 11) is -34.6. The van der Waals surface area contributed by atoms with Gasteiger partial charge in [0.05, 0.1) is 81.0 Å². The Bertz CT molecular complexity index is 7430. The van der Waals surface area contributed by atoms with E-state index in [9.17, 15) is 92.6 Å². The lowest BCUT2D eigenvalue weighted by molar-refractivity contribution is 0.580. The van der Waals surface area contributed by atoms with Crippen LogP contribution in [0.2, 0.25) is 0 Å². The molecule has 11 aliphatic rings. The highest BCUT2D eigenvalue weighted by molar-refractivity contribution is 7.96. The molecule has 0 atom stereocenters. The average molecular weight is 1950 g/mol. The summed E-state index contributed by atoms with van der Waals surface area (Å²) < 4.78 is 259. The second-order valence-corrected chi connectivity index (χ2v) is 48.0. The molecule has 22 rings (SSSR count). The van der Waals surface area contributed by atoms with E-state index in [1.807, 2.05) is 97.1 Å². The molecule has 9 aromatic carbocycles. The summed E-state index contributed by atoms with van der Waals surface area (Å²) in [5, 5.41) is 10.8. The first-order valence-corrected chi connectivity index (χ1v) is 55.4. The Hall–Kier alpha value is -12.4. The van der Waals surface area contributed by atoms with Gasteiger partial charge in [0.2, 0.25) is 29.9 Å². The van der Waals surface area contributed by atoms with Crippen molar-refractivity contribution < 1.29 is 92.6 Å². The predicted molar refractivity (Wildman–Crippen MR) is 496 cm³/mol. The van der Waals surface area contributed by atoms with Crippen LogP contribution in [-0.4, -0.2) is 133 Å². The topological polar surface area (TPSA) is 474 Å². The quantitative estimate of drug-likeness (QED) is 0.0941. The summed E-state index contributed by atoms with van der Waals surface area (Å²) in [6.45, 7) is 0.692. The Morgan fingerprint density at radius 3 is 1.29 bits per heavy atom. The Kier molecular flexibility index (Phi) is 30.1. The van der Waals surface area contributed by atoms with Crippen LogP contribution in [0, 0.1) is 0 Å². The Morgan fingerprint density at radius 1 is 0.302 bits per heavy atom. The molecule has 5 N–H and O–H groups in total. The molecule has 11 aromatic rings. The number of pyridine rings is 2. The summed E-state index contributed by atoms with van der Waals surface area (Å²) in [6, 6.07) is 69.5. The first-order valence-electron chi connectivity index (χ1n) is 38.2. The number of benzene rings is 9. The maximum Gasteiger partial charge on any atom is 0.285 e. The monoisotopic (exact) mass is 1950 g/mol. The van der Waals surface area contributed by atoms with E-state index in [4.69, 9.17) is 0 Å². The van der Waals surface area contributed by atoms with Crippen LogP contribution in [0.3, 0.4) is 0 Å². The Balaban J connectivity index is 0.000000129. The van der Waals surface area contributed by atoms with E-state index >= 15 is 0 Å². The molecule has 0 fully saturated rings. The Morgan fingerprint density at radius 2 is 0.729 bits per heavy atom. The molecule has 0 unspecified atom stereocenters. The summed E-state index contributed by atoms with van der Waals surface area (Å²) in [5.41, 5.74) is 9.11. The lowest BCUT2D eigenvalue weighted by atomic mass is 10.1. The minimum atomic E-state index is -3.44. The zero-order chi connectivity index (χ0) is 92.5. The Labute approximate surface area is 749 Å². The van der Waals surface area contributed by atoms with Crippen LogP contribution in [0.1, 0.15) is 62.2 Å². The molecule has 668 valence electrons. The standard InChI is InChI=1S/C10H10O2S.2C9H8O2S.2C8H7NO2S.2C8H6O2S.C7H8N2O2S.C7H6N2O2S.C7H5NO2S.C7H7NO2S/c11-13(12)8-4-3-6-9-5-1-2-7-10(9)13;10-12(11)7-3-5-8-4-1-2-6-9(8)12;10-12(11)6-5-8-3-1-2-4-9(8)7-12;10-12(11)6-2-3-7-8(12)4-1-5-9-7;10-12(11)8-4-2-1-3-7(8)5-6-9-12;2*9-11(10)6-5-7-3-1-2-4-8(7)11;2*10-12(11)7-4-2-1-3-6(7)8-5-9-12;9-11(10)5-3-6-2-1-4-8-7(6)11;9-11(10)7-4-2-1-3-6(7)5-8-11/h1-3,5-7H,4,8H2;2*1-6H,7H2;1-5H,6H2;1-6,9H;2*1-6H;1-4,8-9H,5H2;1-5H,(H,8,9);1-5H;1-4,8H,5H2. The van der Waals surface area contributed by atoms with Gasteiger partial charge in [0.25, 0.3) is 20.0 Å². The summed E-state index contributed by atoms with van der Waals surface area (Å²) in [4.78, 5) is 11.1. The molecular formula is C88H78N8O22S11. The molecule has 0 saturated carbocycles. The molecule has 13 heterocycles. The average Bonchev–Trinajstić information content (AvgIpc) is 1.63. The molecule has 11 aliphatic heterocycles. The molecular weight excluding hydrogens is 1870 g/mol. The number of nitrogens with one attached hydrogen (secondary N) is 5. The number of rotatable bonds is 0. The van der Waals surface area contributed by atoms with Gasteiger partial charge in [0.1, 0.15) is 16.1 Å². The minimum absolute atomic E-state index is 0.0890. The minimum Gasteiger partial charge on any atom is -0.370 e. The fourth-order valence-electron chi connectivity index (χ4n) is 12.9. The van der Waals surface area contributed by atoms with Gasteiger partial charge in [0, 0.05) is 52.3 Å². The van der Waals surface area contributed by atoms with Crippen molar-refractivity contribution in [2.24, 2.45) is 4.40 Å². The van der Waals surface area contributed by atoms with E-state index in [2.05, 4.69) is 39.2 Å². The molecule has 41 heteroatoms. The summed E-state index contributed by atoms with van der Waals surface area (Å²) >= 11 is 0. The first kappa shape index (κ1) is 95.7. The zero-order valence-corrected chi connectivity index (χ0v) is 76.3. The second kappa shape index (κ2) is 40.5. The van der Waals surface area contributed by atoms with Crippen LogP contribution in [0.15, 0.2) is 355 Å². The highest BCUT2D eigenvalue weighted by Gasteiger charge is 2.28. The highest BCUT2D eigenvalue weighted by Crippen LogP contribution is 2.32. The van der Waals surface area contributed by atoms with Crippen molar-refractivity contribution in [2.45, 2.75) is 67.8 Å². The fraction of sp³-hybridized carbons (Fsp3) is 0.0795. The van der Waals surface area contributed by atoms with Gasteiger partial charge in [-0.15, -0.1) is 4.40 Å². The molecule has 0 spiro atoms. The van der Waals surface area contributed by atoms with Crippen LogP contribution in [0.4, 0.5) is 11.4 Å². The van der Waals surface area contributed by atoms with Crippen molar-refractivity contribution in [1.82, 2.24) is 24.1 Å². The predicted octanol–water partition coefficient (Wildman–Crippen LogP) is 12.2. The largest absolute Gasteiger partial charge is 0.370 e. The van der Waals surface area contributed by atoms with Crippen LogP contribution in [-0.2, 0) is 121 Å². The van der Waals surface area contributed by atoms with Crippen LogP contribution >= 0.6 is 0 Å². The van der Waals surface area contributed by atoms with Crippen molar-refractivity contribution in [3.05, 3.63) is 357 Å². The smallest absolute Gasteiger partial charge is 0.285 e. The van der Waals surface area contributed by atoms with Crippen LogP contribution in [0.5, 0.6) is 0 Å². The third-order valence-corrected chi connectivity index (χ3v) is 35.5. The second-order valence-electron chi connectivity index (χ2n) is 27.9. The van der Waals surface area contributed by atoms with E-state index in [1.165, 1.54) is 46.4 Å². The van der Waals surface area contributed by atoms with Gasteiger partial charge in [-0.3, -0.25) is 9.71 Å². The molecule has 0 saturated heterocycles. The van der Waals surface area contributed by atoms with Crippen molar-refractivity contribution in [2.75, 3.05) is 34.6 Å². The number of anilines is 2. The number of nitrogens with zero attached hydrogens (tertiary/aromatic N) is 3. The van der Waals surface area contributed by atoms with Crippen molar-refractivity contribution in [3.8, 4) is 0 Å². The number of para-hydroxylation sites is 2. The third kappa shape index (κ3) is 24.5. The molecule has 30 nitrogen and oxygen atoms in total. The maximum atomic E-state index is 11.7. The summed E-state index contributed by atoms with van der Waals surface area (Å²) in [6.07, 6.45) is 25.1.